The zero-order valence-corrected chi connectivity index (χ0v) is 10.8. The maximum Gasteiger partial charge on any atom is 0.340 e. The fourth-order valence-electron chi connectivity index (χ4n) is 1.35. The number of nitrogens with zero attached hydrogens (tertiary/aromatic N) is 2. The summed E-state index contributed by atoms with van der Waals surface area (Å²) in [7, 11) is -3.84. The Morgan fingerprint density at radius 1 is 1.06 bits per heavy atom. The van der Waals surface area contributed by atoms with Crippen molar-refractivity contribution in [2.24, 2.45) is 0 Å². The topological polar surface area (TPSA) is 69.2 Å². The monoisotopic (exact) mass is 264 g/mol. The van der Waals surface area contributed by atoms with Crippen molar-refractivity contribution in [1.29, 1.82) is 0 Å². The smallest absolute Gasteiger partial charge is 0.340 e. The molecule has 18 heavy (non-hydrogen) atoms. The third-order valence-electron chi connectivity index (χ3n) is 2.26. The van der Waals surface area contributed by atoms with Crippen LogP contribution in [0, 0.1) is 13.8 Å². The summed E-state index contributed by atoms with van der Waals surface area (Å²) in [6.45, 7) is 3.54. The zero-order chi connectivity index (χ0) is 13.2. The number of aryl methyl sites for hydroxylation is 2. The summed E-state index contributed by atoms with van der Waals surface area (Å²) in [4.78, 5) is 7.86. The summed E-state index contributed by atoms with van der Waals surface area (Å²) in [5, 5.41) is 0. The molecule has 0 saturated heterocycles. The zero-order valence-electron chi connectivity index (χ0n) is 9.99. The minimum absolute atomic E-state index is 0.0167. The van der Waals surface area contributed by atoms with E-state index in [1.165, 1.54) is 24.4 Å². The molecule has 0 amide bonds. The Balaban J connectivity index is 2.30. The lowest BCUT2D eigenvalue weighted by molar-refractivity contribution is 0.474. The van der Waals surface area contributed by atoms with Crippen LogP contribution in [0.1, 0.15) is 11.4 Å². The van der Waals surface area contributed by atoms with Gasteiger partial charge in [-0.05, 0) is 26.0 Å². The average Bonchev–Trinajstić information content (AvgIpc) is 2.29. The lowest BCUT2D eigenvalue weighted by Crippen LogP contribution is -2.11. The van der Waals surface area contributed by atoms with E-state index in [9.17, 15) is 8.42 Å². The Labute approximate surface area is 106 Å². The number of aromatic nitrogens is 2. The van der Waals surface area contributed by atoms with Crippen LogP contribution in [-0.4, -0.2) is 18.4 Å². The summed E-state index contributed by atoms with van der Waals surface area (Å²) in [6.07, 6.45) is 1.45. The van der Waals surface area contributed by atoms with Gasteiger partial charge in [0.2, 0.25) is 5.88 Å². The van der Waals surface area contributed by atoms with Crippen molar-refractivity contribution in [3.63, 3.8) is 0 Å². The van der Waals surface area contributed by atoms with Gasteiger partial charge in [-0.1, -0.05) is 17.7 Å². The summed E-state index contributed by atoms with van der Waals surface area (Å²) in [5.41, 5.74) is 0.979. The van der Waals surface area contributed by atoms with Gasteiger partial charge in [0, 0.05) is 12.3 Å². The minimum Gasteiger partial charge on any atom is -0.358 e. The summed E-state index contributed by atoms with van der Waals surface area (Å²) in [5.74, 6) is 0.467. The molecule has 94 valence electrons. The van der Waals surface area contributed by atoms with Gasteiger partial charge < -0.3 is 4.18 Å². The summed E-state index contributed by atoms with van der Waals surface area (Å²) >= 11 is 0. The third kappa shape index (κ3) is 2.84. The fourth-order valence-corrected chi connectivity index (χ4v) is 2.23. The second kappa shape index (κ2) is 4.73. The van der Waals surface area contributed by atoms with Gasteiger partial charge in [0.1, 0.15) is 10.7 Å². The highest BCUT2D eigenvalue weighted by Crippen LogP contribution is 2.16. The molecule has 0 saturated carbocycles. The van der Waals surface area contributed by atoms with E-state index in [1.54, 1.807) is 19.1 Å². The Morgan fingerprint density at radius 2 is 1.72 bits per heavy atom. The first kappa shape index (κ1) is 12.5. The predicted octanol–water partition coefficient (Wildman–Crippen LogP) is 1.86. The molecule has 0 unspecified atom stereocenters. The van der Waals surface area contributed by atoms with Gasteiger partial charge in [-0.25, -0.2) is 4.98 Å². The molecule has 0 bridgehead atoms. The van der Waals surface area contributed by atoms with Gasteiger partial charge in [0.05, 0.1) is 0 Å². The molecule has 6 heteroatoms. The largest absolute Gasteiger partial charge is 0.358 e. The van der Waals surface area contributed by atoms with Crippen molar-refractivity contribution < 1.29 is 12.6 Å². The van der Waals surface area contributed by atoms with E-state index in [4.69, 9.17) is 4.18 Å². The molecule has 1 heterocycles. The highest BCUT2D eigenvalue weighted by Gasteiger charge is 2.17. The fraction of sp³-hybridized carbons (Fsp3) is 0.167. The Hall–Kier alpha value is -1.95. The van der Waals surface area contributed by atoms with Crippen molar-refractivity contribution >= 4 is 10.1 Å². The predicted molar refractivity (Wildman–Crippen MR) is 65.8 cm³/mol. The first-order chi connectivity index (χ1) is 8.47. The number of rotatable bonds is 3. The standard InChI is InChI=1S/C12H12N2O3S/c1-9-3-5-11(6-4-9)18(15,16)17-12-7-8-13-10(2)14-12/h3-8H,1-2H3. The lowest BCUT2D eigenvalue weighted by Gasteiger charge is -2.06. The Kier molecular flexibility index (Phi) is 3.29. The second-order valence-electron chi connectivity index (χ2n) is 3.79. The van der Waals surface area contributed by atoms with Crippen LogP contribution in [0.3, 0.4) is 0 Å². The maximum absolute atomic E-state index is 11.9. The van der Waals surface area contributed by atoms with Crippen molar-refractivity contribution in [3.05, 3.63) is 47.9 Å². The average molecular weight is 264 g/mol. The van der Waals surface area contributed by atoms with Crippen LogP contribution in [0.25, 0.3) is 0 Å². The molecular weight excluding hydrogens is 252 g/mol. The molecule has 0 aliphatic carbocycles. The maximum atomic E-state index is 11.9. The van der Waals surface area contributed by atoms with Crippen LogP contribution in [0.5, 0.6) is 5.88 Å². The number of benzene rings is 1. The van der Waals surface area contributed by atoms with E-state index in [1.807, 2.05) is 6.92 Å². The molecule has 5 nitrogen and oxygen atoms in total. The summed E-state index contributed by atoms with van der Waals surface area (Å²) < 4.78 is 28.8. The van der Waals surface area contributed by atoms with Crippen molar-refractivity contribution in [2.45, 2.75) is 18.7 Å². The number of hydrogen-bond donors (Lipinski definition) is 0. The van der Waals surface area contributed by atoms with Crippen molar-refractivity contribution in [2.75, 3.05) is 0 Å². The van der Waals surface area contributed by atoms with Crippen LogP contribution >= 0.6 is 0 Å². The molecule has 2 aromatic rings. The Morgan fingerprint density at radius 3 is 2.33 bits per heavy atom. The molecule has 0 aliphatic heterocycles. The van der Waals surface area contributed by atoms with E-state index in [0.717, 1.165) is 5.56 Å². The molecule has 0 fully saturated rings. The molecule has 0 radical (unpaired) electrons. The highest BCUT2D eigenvalue weighted by molar-refractivity contribution is 7.87. The first-order valence-electron chi connectivity index (χ1n) is 5.28. The van der Waals surface area contributed by atoms with E-state index in [-0.39, 0.29) is 10.8 Å². The first-order valence-corrected chi connectivity index (χ1v) is 6.69. The van der Waals surface area contributed by atoms with E-state index < -0.39 is 10.1 Å². The molecule has 0 aliphatic rings. The quantitative estimate of drug-likeness (QED) is 0.791. The van der Waals surface area contributed by atoms with Gasteiger partial charge in [0.15, 0.2) is 0 Å². The minimum atomic E-state index is -3.84. The van der Waals surface area contributed by atoms with Crippen LogP contribution < -0.4 is 4.18 Å². The van der Waals surface area contributed by atoms with Crippen LogP contribution in [0.15, 0.2) is 41.4 Å². The molecule has 1 aromatic carbocycles. The van der Waals surface area contributed by atoms with Crippen LogP contribution in [0.4, 0.5) is 0 Å². The van der Waals surface area contributed by atoms with Gasteiger partial charge in [0.25, 0.3) is 0 Å². The van der Waals surface area contributed by atoms with Gasteiger partial charge >= 0.3 is 10.1 Å². The number of hydrogen-bond acceptors (Lipinski definition) is 5. The molecular formula is C12H12N2O3S. The normalized spacial score (nSPS) is 11.2. The molecule has 1 aromatic heterocycles. The third-order valence-corrected chi connectivity index (χ3v) is 3.49. The van der Waals surface area contributed by atoms with Gasteiger partial charge in [-0.15, -0.1) is 0 Å². The van der Waals surface area contributed by atoms with Crippen LogP contribution in [-0.2, 0) is 10.1 Å². The SMILES string of the molecule is Cc1ccc(S(=O)(=O)Oc2ccnc(C)n2)cc1. The second-order valence-corrected chi connectivity index (χ2v) is 5.34. The van der Waals surface area contributed by atoms with Crippen LogP contribution in [0.2, 0.25) is 0 Å². The lowest BCUT2D eigenvalue weighted by atomic mass is 10.2. The summed E-state index contributed by atoms with van der Waals surface area (Å²) in [6, 6.07) is 7.82. The van der Waals surface area contributed by atoms with E-state index in [0.29, 0.717) is 5.82 Å². The van der Waals surface area contributed by atoms with E-state index in [2.05, 4.69) is 9.97 Å². The van der Waals surface area contributed by atoms with E-state index >= 15 is 0 Å². The molecule has 2 rings (SSSR count). The van der Waals surface area contributed by atoms with Crippen molar-refractivity contribution in [3.8, 4) is 5.88 Å². The molecule has 0 N–H and O–H groups in total. The van der Waals surface area contributed by atoms with Gasteiger partial charge in [-0.2, -0.15) is 13.4 Å². The van der Waals surface area contributed by atoms with Gasteiger partial charge in [-0.3, -0.25) is 0 Å². The highest BCUT2D eigenvalue weighted by atomic mass is 32.2. The van der Waals surface area contributed by atoms with Crippen molar-refractivity contribution in [1.82, 2.24) is 9.97 Å². The molecule has 0 atom stereocenters. The Bertz CT molecular complexity index is 651. The molecule has 0 spiro atoms.